The lowest BCUT2D eigenvalue weighted by atomic mass is 10.2. The van der Waals surface area contributed by atoms with Crippen LogP contribution in [-0.4, -0.2) is 27.6 Å². The van der Waals surface area contributed by atoms with Crippen LogP contribution in [0.3, 0.4) is 0 Å². The number of carbonyl (C=O) groups is 2. The van der Waals surface area contributed by atoms with Gasteiger partial charge in [-0.1, -0.05) is 30.0 Å². The van der Waals surface area contributed by atoms with Crippen molar-refractivity contribution >= 4 is 40.1 Å². The number of thioether (sulfide) groups is 1. The number of pyridine rings is 1. The Balaban J connectivity index is 1.97. The minimum absolute atomic E-state index is 0.158. The standard InChI is InChI=1S/C14H10N2O3S/c17-11-7-20-13(12(11)14(18)19)16-9-5-8-3-1-2-4-10(8)15-6-9/h1-6,16H,7H2,(H,18,19). The van der Waals surface area contributed by atoms with Crippen LogP contribution in [0.25, 0.3) is 10.9 Å². The smallest absolute Gasteiger partial charge is 0.342 e. The number of nitrogens with zero attached hydrogens (tertiary/aromatic N) is 1. The quantitative estimate of drug-likeness (QED) is 0.843. The van der Waals surface area contributed by atoms with Gasteiger partial charge in [0, 0.05) is 5.39 Å². The zero-order valence-corrected chi connectivity index (χ0v) is 11.1. The van der Waals surface area contributed by atoms with E-state index in [1.165, 1.54) is 11.8 Å². The number of carbonyl (C=O) groups excluding carboxylic acids is 1. The molecule has 0 aliphatic carbocycles. The van der Waals surface area contributed by atoms with Gasteiger partial charge in [0.25, 0.3) is 0 Å². The summed E-state index contributed by atoms with van der Waals surface area (Å²) in [6, 6.07) is 9.50. The Labute approximate surface area is 118 Å². The first kappa shape index (κ1) is 12.7. The number of rotatable bonds is 3. The maximum atomic E-state index is 11.5. The van der Waals surface area contributed by atoms with E-state index in [0.29, 0.717) is 10.7 Å². The first-order valence-electron chi connectivity index (χ1n) is 5.90. The number of ketones is 1. The molecule has 2 N–H and O–H groups in total. The zero-order valence-electron chi connectivity index (χ0n) is 10.3. The van der Waals surface area contributed by atoms with Gasteiger partial charge in [-0.2, -0.15) is 0 Å². The third-order valence-electron chi connectivity index (χ3n) is 2.92. The number of hydrogen-bond acceptors (Lipinski definition) is 5. The monoisotopic (exact) mass is 286 g/mol. The van der Waals surface area contributed by atoms with Gasteiger partial charge in [0.2, 0.25) is 0 Å². The topological polar surface area (TPSA) is 79.3 Å². The van der Waals surface area contributed by atoms with Crippen LogP contribution in [0.5, 0.6) is 0 Å². The number of carboxylic acid groups (broad SMARTS) is 1. The molecular formula is C14H10N2O3S. The van der Waals surface area contributed by atoms with Gasteiger partial charge < -0.3 is 10.4 Å². The molecule has 0 saturated heterocycles. The van der Waals surface area contributed by atoms with Crippen molar-refractivity contribution in [1.82, 2.24) is 4.98 Å². The molecule has 0 amide bonds. The average molecular weight is 286 g/mol. The highest BCUT2D eigenvalue weighted by atomic mass is 32.2. The van der Waals surface area contributed by atoms with Crippen LogP contribution in [0, 0.1) is 0 Å². The maximum absolute atomic E-state index is 11.5. The number of aliphatic carboxylic acids is 1. The van der Waals surface area contributed by atoms with Crippen molar-refractivity contribution in [1.29, 1.82) is 0 Å². The normalized spacial score (nSPS) is 14.9. The van der Waals surface area contributed by atoms with Gasteiger partial charge in [-0.15, -0.1) is 0 Å². The second-order valence-corrected chi connectivity index (χ2v) is 5.25. The van der Waals surface area contributed by atoms with Crippen LogP contribution in [0.1, 0.15) is 0 Å². The van der Waals surface area contributed by atoms with Crippen molar-refractivity contribution in [2.45, 2.75) is 0 Å². The number of fused-ring (bicyclic) bond motifs is 1. The van der Waals surface area contributed by atoms with Gasteiger partial charge in [-0.3, -0.25) is 9.78 Å². The molecule has 100 valence electrons. The van der Waals surface area contributed by atoms with Crippen molar-refractivity contribution in [3.05, 3.63) is 47.1 Å². The largest absolute Gasteiger partial charge is 0.477 e. The number of anilines is 1. The molecule has 3 rings (SSSR count). The van der Waals surface area contributed by atoms with Gasteiger partial charge in [0.15, 0.2) is 5.78 Å². The number of hydrogen-bond donors (Lipinski definition) is 2. The summed E-state index contributed by atoms with van der Waals surface area (Å²) >= 11 is 1.20. The lowest BCUT2D eigenvalue weighted by Gasteiger charge is -2.08. The molecule has 1 aromatic carbocycles. The molecule has 1 aliphatic heterocycles. The van der Waals surface area contributed by atoms with Crippen molar-refractivity contribution in [2.75, 3.05) is 11.1 Å². The lowest BCUT2D eigenvalue weighted by Crippen LogP contribution is -2.12. The van der Waals surface area contributed by atoms with Crippen molar-refractivity contribution in [2.24, 2.45) is 0 Å². The van der Waals surface area contributed by atoms with Gasteiger partial charge in [-0.25, -0.2) is 4.79 Å². The lowest BCUT2D eigenvalue weighted by molar-refractivity contribution is -0.134. The fourth-order valence-corrected chi connectivity index (χ4v) is 2.95. The highest BCUT2D eigenvalue weighted by molar-refractivity contribution is 8.04. The average Bonchev–Trinajstić information content (AvgIpc) is 2.79. The predicted octanol–water partition coefficient (Wildman–Crippen LogP) is 2.26. The fraction of sp³-hybridized carbons (Fsp3) is 0.0714. The van der Waals surface area contributed by atoms with Crippen molar-refractivity contribution < 1.29 is 14.7 Å². The van der Waals surface area contributed by atoms with E-state index in [9.17, 15) is 9.59 Å². The first-order valence-corrected chi connectivity index (χ1v) is 6.89. The van der Waals surface area contributed by atoms with Gasteiger partial charge in [0.1, 0.15) is 5.57 Å². The molecule has 2 aromatic rings. The first-order chi connectivity index (χ1) is 9.65. The second kappa shape index (κ2) is 4.97. The van der Waals surface area contributed by atoms with Crippen LogP contribution < -0.4 is 5.32 Å². The van der Waals surface area contributed by atoms with Crippen LogP contribution in [0.2, 0.25) is 0 Å². The Bertz CT molecular complexity index is 755. The molecule has 6 heteroatoms. The molecule has 0 fully saturated rings. The number of carboxylic acids is 1. The Morgan fingerprint density at radius 3 is 2.95 bits per heavy atom. The molecule has 1 aliphatic rings. The highest BCUT2D eigenvalue weighted by Gasteiger charge is 2.29. The van der Waals surface area contributed by atoms with Crippen LogP contribution in [0.15, 0.2) is 47.1 Å². The van der Waals surface area contributed by atoms with Crippen LogP contribution in [-0.2, 0) is 9.59 Å². The summed E-state index contributed by atoms with van der Waals surface area (Å²) in [5, 5.41) is 13.4. The SMILES string of the molecule is O=C(O)C1=C(Nc2cnc3ccccc3c2)SCC1=O. The number of aromatic nitrogens is 1. The molecule has 0 bridgehead atoms. The number of Topliss-reactive ketones (excluding diaryl/α,β-unsaturated/α-hetero) is 1. The Morgan fingerprint density at radius 2 is 2.15 bits per heavy atom. The number of para-hydroxylation sites is 1. The molecule has 0 spiro atoms. The molecular weight excluding hydrogens is 276 g/mol. The van der Waals surface area contributed by atoms with E-state index < -0.39 is 5.97 Å². The Hall–Kier alpha value is -2.34. The van der Waals surface area contributed by atoms with Crippen molar-refractivity contribution in [3.63, 3.8) is 0 Å². The van der Waals surface area contributed by atoms with Crippen molar-refractivity contribution in [3.8, 4) is 0 Å². The zero-order chi connectivity index (χ0) is 14.1. The van der Waals surface area contributed by atoms with E-state index in [1.807, 2.05) is 30.3 Å². The molecule has 0 unspecified atom stereocenters. The summed E-state index contributed by atoms with van der Waals surface area (Å²) in [4.78, 5) is 26.9. The van der Waals surface area contributed by atoms with Gasteiger partial charge in [-0.05, 0) is 12.1 Å². The minimum Gasteiger partial charge on any atom is -0.477 e. The molecule has 0 radical (unpaired) electrons. The van der Waals surface area contributed by atoms with E-state index in [-0.39, 0.29) is 17.1 Å². The minimum atomic E-state index is -1.20. The second-order valence-electron chi connectivity index (χ2n) is 4.26. The number of benzene rings is 1. The molecule has 2 heterocycles. The number of nitrogens with one attached hydrogen (secondary N) is 1. The predicted molar refractivity (Wildman–Crippen MR) is 77.5 cm³/mol. The summed E-state index contributed by atoms with van der Waals surface area (Å²) in [5.74, 6) is -1.40. The summed E-state index contributed by atoms with van der Waals surface area (Å²) < 4.78 is 0. The van der Waals surface area contributed by atoms with Gasteiger partial charge >= 0.3 is 5.97 Å². The van der Waals surface area contributed by atoms with E-state index in [4.69, 9.17) is 5.11 Å². The molecule has 0 saturated carbocycles. The summed E-state index contributed by atoms with van der Waals surface area (Å²) in [6.07, 6.45) is 1.62. The van der Waals surface area contributed by atoms with E-state index >= 15 is 0 Å². The molecule has 20 heavy (non-hydrogen) atoms. The maximum Gasteiger partial charge on any atom is 0.342 e. The summed E-state index contributed by atoms with van der Waals surface area (Å²) in [6.45, 7) is 0. The molecule has 5 nitrogen and oxygen atoms in total. The van der Waals surface area contributed by atoms with E-state index in [2.05, 4.69) is 10.3 Å². The van der Waals surface area contributed by atoms with Crippen LogP contribution >= 0.6 is 11.8 Å². The molecule has 0 atom stereocenters. The van der Waals surface area contributed by atoms with Gasteiger partial charge in [0.05, 0.1) is 28.2 Å². The summed E-state index contributed by atoms with van der Waals surface area (Å²) in [5.41, 5.74) is 1.35. The third kappa shape index (κ3) is 2.25. The molecule has 1 aromatic heterocycles. The highest BCUT2D eigenvalue weighted by Crippen LogP contribution is 2.30. The Morgan fingerprint density at radius 1 is 1.35 bits per heavy atom. The summed E-state index contributed by atoms with van der Waals surface area (Å²) in [7, 11) is 0. The van der Waals surface area contributed by atoms with E-state index in [0.717, 1.165) is 10.9 Å². The third-order valence-corrected chi connectivity index (χ3v) is 3.92. The Kier molecular flexibility index (Phi) is 3.15. The van der Waals surface area contributed by atoms with E-state index in [1.54, 1.807) is 6.20 Å². The van der Waals surface area contributed by atoms with Crippen LogP contribution in [0.4, 0.5) is 5.69 Å². The fourth-order valence-electron chi connectivity index (χ4n) is 1.99.